The third-order valence-corrected chi connectivity index (χ3v) is 5.08. The molecule has 0 fully saturated rings. The number of rotatable bonds is 4. The third kappa shape index (κ3) is 3.94. The Hall–Kier alpha value is -3.06. The van der Waals surface area contributed by atoms with E-state index >= 15 is 0 Å². The van der Waals surface area contributed by atoms with Gasteiger partial charge in [0, 0.05) is 23.7 Å². The lowest BCUT2D eigenvalue weighted by Gasteiger charge is -2.24. The van der Waals surface area contributed by atoms with Gasteiger partial charge in [-0.1, -0.05) is 24.3 Å². The van der Waals surface area contributed by atoms with E-state index in [0.717, 1.165) is 6.54 Å². The van der Waals surface area contributed by atoms with Gasteiger partial charge in [-0.15, -0.1) is 0 Å². The normalized spacial score (nSPS) is 18.5. The van der Waals surface area contributed by atoms with Crippen LogP contribution in [0.5, 0.6) is 11.5 Å². The Bertz CT molecular complexity index is 899. The number of amides is 2. The van der Waals surface area contributed by atoms with Gasteiger partial charge in [0.25, 0.3) is 5.91 Å². The van der Waals surface area contributed by atoms with Crippen molar-refractivity contribution in [1.29, 1.82) is 0 Å². The van der Waals surface area contributed by atoms with Crippen LogP contribution in [0, 0.1) is 0 Å². The lowest BCUT2D eigenvalue weighted by atomic mass is 9.95. The molecule has 2 aliphatic heterocycles. The van der Waals surface area contributed by atoms with Crippen LogP contribution in [0.25, 0.3) is 0 Å². The van der Waals surface area contributed by atoms with Crippen molar-refractivity contribution in [2.45, 2.75) is 32.0 Å². The van der Waals surface area contributed by atoms with Crippen LogP contribution in [0.3, 0.4) is 0 Å². The van der Waals surface area contributed by atoms with Crippen LogP contribution < -0.4 is 25.4 Å². The average molecular weight is 382 g/mol. The minimum Gasteiger partial charge on any atom is -0.486 e. The van der Waals surface area contributed by atoms with Gasteiger partial charge in [-0.3, -0.25) is 9.59 Å². The molecular formula is C21H24N3O4+. The van der Waals surface area contributed by atoms with E-state index in [9.17, 15) is 9.59 Å². The van der Waals surface area contributed by atoms with Crippen molar-refractivity contribution in [3.05, 3.63) is 53.6 Å². The summed E-state index contributed by atoms with van der Waals surface area (Å²) in [5.74, 6) is 0.871. The van der Waals surface area contributed by atoms with Gasteiger partial charge in [0.15, 0.2) is 17.5 Å². The summed E-state index contributed by atoms with van der Waals surface area (Å²) in [4.78, 5) is 25.1. The maximum Gasteiger partial charge on any atom is 0.279 e. The zero-order valence-corrected chi connectivity index (χ0v) is 15.7. The van der Waals surface area contributed by atoms with Gasteiger partial charge in [0.1, 0.15) is 25.8 Å². The van der Waals surface area contributed by atoms with Gasteiger partial charge < -0.3 is 25.4 Å². The Balaban J connectivity index is 1.34. The van der Waals surface area contributed by atoms with E-state index in [4.69, 9.17) is 9.47 Å². The maximum absolute atomic E-state index is 12.6. The number of quaternary nitrogens is 1. The summed E-state index contributed by atoms with van der Waals surface area (Å²) in [5, 5.41) is 7.66. The van der Waals surface area contributed by atoms with Crippen molar-refractivity contribution in [2.24, 2.45) is 0 Å². The van der Waals surface area contributed by atoms with E-state index < -0.39 is 6.04 Å². The molecule has 2 aromatic rings. The Morgan fingerprint density at radius 3 is 2.64 bits per heavy atom. The number of fused-ring (bicyclic) bond motifs is 2. The molecule has 0 unspecified atom stereocenters. The molecule has 0 spiro atoms. The number of anilines is 1. The molecule has 0 radical (unpaired) electrons. The number of nitrogens with two attached hydrogens (primary N) is 1. The molecule has 2 aliphatic rings. The number of ether oxygens (including phenoxy) is 2. The monoisotopic (exact) mass is 382 g/mol. The lowest BCUT2D eigenvalue weighted by molar-refractivity contribution is -0.695. The fourth-order valence-electron chi connectivity index (χ4n) is 3.50. The second kappa shape index (κ2) is 7.90. The predicted molar refractivity (Wildman–Crippen MR) is 103 cm³/mol. The van der Waals surface area contributed by atoms with Crippen LogP contribution in [0.1, 0.15) is 18.1 Å². The summed E-state index contributed by atoms with van der Waals surface area (Å²) in [7, 11) is 0. The second-order valence-electron chi connectivity index (χ2n) is 7.10. The zero-order chi connectivity index (χ0) is 19.5. The van der Waals surface area contributed by atoms with Crippen LogP contribution >= 0.6 is 0 Å². The van der Waals surface area contributed by atoms with Crippen LogP contribution in [0.15, 0.2) is 42.5 Å². The number of carbonyl (C=O) groups is 2. The van der Waals surface area contributed by atoms with Gasteiger partial charge >= 0.3 is 0 Å². The molecular weight excluding hydrogens is 358 g/mol. The van der Waals surface area contributed by atoms with Crippen LogP contribution in [-0.2, 0) is 22.6 Å². The quantitative estimate of drug-likeness (QED) is 0.722. The summed E-state index contributed by atoms with van der Waals surface area (Å²) >= 11 is 0. The first-order valence-electron chi connectivity index (χ1n) is 9.51. The van der Waals surface area contributed by atoms with Crippen molar-refractivity contribution in [2.75, 3.05) is 18.5 Å². The topological polar surface area (TPSA) is 93.3 Å². The molecule has 0 saturated heterocycles. The standard InChI is InChI=1S/C21H23N3O4/c1-13(20(25)24-16-6-7-18-19(11-16)28-9-8-27-18)23-21(26)17-10-14-4-2-3-5-15(14)12-22-17/h2-7,11,13,17,22H,8-10,12H2,1H3,(H,23,26)(H,24,25)/p+1/t13-,17+/m1/s1. The van der Waals surface area contributed by atoms with E-state index in [0.29, 0.717) is 36.8 Å². The highest BCUT2D eigenvalue weighted by Gasteiger charge is 2.29. The smallest absolute Gasteiger partial charge is 0.279 e. The van der Waals surface area contributed by atoms with Crippen molar-refractivity contribution in [3.63, 3.8) is 0 Å². The van der Waals surface area contributed by atoms with E-state index in [2.05, 4.69) is 22.8 Å². The van der Waals surface area contributed by atoms with Gasteiger partial charge in [-0.25, -0.2) is 0 Å². The van der Waals surface area contributed by atoms with Crippen LogP contribution in [-0.4, -0.2) is 37.1 Å². The Kier molecular flexibility index (Phi) is 5.16. The molecule has 4 N–H and O–H groups in total. The first-order chi connectivity index (χ1) is 13.6. The van der Waals surface area contributed by atoms with E-state index in [1.54, 1.807) is 25.1 Å². The number of hydrogen-bond acceptors (Lipinski definition) is 4. The van der Waals surface area contributed by atoms with Gasteiger partial charge in [0.05, 0.1) is 0 Å². The Morgan fingerprint density at radius 2 is 1.82 bits per heavy atom. The molecule has 0 bridgehead atoms. The molecule has 4 rings (SSSR count). The summed E-state index contributed by atoms with van der Waals surface area (Å²) < 4.78 is 11.0. The van der Waals surface area contributed by atoms with Crippen LogP contribution in [0.4, 0.5) is 5.69 Å². The molecule has 7 nitrogen and oxygen atoms in total. The number of nitrogens with one attached hydrogen (secondary N) is 2. The Labute approximate surface area is 163 Å². The second-order valence-corrected chi connectivity index (χ2v) is 7.10. The molecule has 0 aliphatic carbocycles. The van der Waals surface area contributed by atoms with Gasteiger partial charge in [0.2, 0.25) is 5.91 Å². The largest absolute Gasteiger partial charge is 0.486 e. The summed E-state index contributed by atoms with van der Waals surface area (Å²) in [6.45, 7) is 3.45. The zero-order valence-electron chi connectivity index (χ0n) is 15.7. The molecule has 146 valence electrons. The van der Waals surface area contributed by atoms with E-state index in [-0.39, 0.29) is 17.9 Å². The number of carbonyl (C=O) groups excluding carboxylic acids is 2. The number of hydrogen-bond donors (Lipinski definition) is 3. The van der Waals surface area contributed by atoms with E-state index in [1.807, 2.05) is 17.4 Å². The third-order valence-electron chi connectivity index (χ3n) is 5.08. The van der Waals surface area contributed by atoms with Crippen molar-refractivity contribution >= 4 is 17.5 Å². The molecule has 0 saturated carbocycles. The minimum atomic E-state index is -0.647. The van der Waals surface area contributed by atoms with Crippen molar-refractivity contribution < 1.29 is 24.4 Å². The summed E-state index contributed by atoms with van der Waals surface area (Å²) in [6, 6.07) is 12.5. The molecule has 2 heterocycles. The Morgan fingerprint density at radius 1 is 1.07 bits per heavy atom. The molecule has 0 aromatic heterocycles. The van der Waals surface area contributed by atoms with Gasteiger partial charge in [-0.05, 0) is 24.6 Å². The minimum absolute atomic E-state index is 0.126. The van der Waals surface area contributed by atoms with Crippen molar-refractivity contribution in [3.8, 4) is 11.5 Å². The SMILES string of the molecule is C[C@@H](NC(=O)[C@@H]1Cc2ccccc2C[NH2+]1)C(=O)Nc1ccc2c(c1)OCCO2. The fraction of sp³-hybridized carbons (Fsp3) is 0.333. The summed E-state index contributed by atoms with van der Waals surface area (Å²) in [6.07, 6.45) is 0.665. The molecule has 2 amide bonds. The molecule has 2 aromatic carbocycles. The number of benzene rings is 2. The molecule has 2 atom stereocenters. The fourth-order valence-corrected chi connectivity index (χ4v) is 3.50. The maximum atomic E-state index is 12.6. The summed E-state index contributed by atoms with van der Waals surface area (Å²) in [5.41, 5.74) is 3.06. The molecule has 7 heteroatoms. The highest BCUT2D eigenvalue weighted by atomic mass is 16.6. The van der Waals surface area contributed by atoms with Gasteiger partial charge in [-0.2, -0.15) is 0 Å². The lowest BCUT2D eigenvalue weighted by Crippen LogP contribution is -2.93. The first kappa shape index (κ1) is 18.3. The highest BCUT2D eigenvalue weighted by Crippen LogP contribution is 2.32. The first-order valence-corrected chi connectivity index (χ1v) is 9.51. The predicted octanol–water partition coefficient (Wildman–Crippen LogP) is 0.589. The van der Waals surface area contributed by atoms with Crippen LogP contribution in [0.2, 0.25) is 0 Å². The van der Waals surface area contributed by atoms with Crippen molar-refractivity contribution in [1.82, 2.24) is 5.32 Å². The van der Waals surface area contributed by atoms with E-state index in [1.165, 1.54) is 11.1 Å². The highest BCUT2D eigenvalue weighted by molar-refractivity contribution is 5.97. The molecule has 28 heavy (non-hydrogen) atoms. The average Bonchev–Trinajstić information content (AvgIpc) is 2.73.